The normalized spacial score (nSPS) is 13.1. The number of rotatable bonds is 0. The van der Waals surface area contributed by atoms with Gasteiger partial charge in [-0.25, -0.2) is 26.3 Å². The zero-order valence-electron chi connectivity index (χ0n) is 11.2. The zero-order valence-corrected chi connectivity index (χ0v) is 11.2. The van der Waals surface area contributed by atoms with E-state index in [-0.39, 0.29) is 0 Å². The lowest BCUT2D eigenvalue weighted by Gasteiger charge is -2.22. The van der Waals surface area contributed by atoms with Crippen molar-refractivity contribution in [1.82, 2.24) is 0 Å². The first-order chi connectivity index (χ1) is 11.1. The molecule has 2 aromatic carbocycles. The fraction of sp³-hybridized carbons (Fsp3) is 0. The summed E-state index contributed by atoms with van der Waals surface area (Å²) in [4.78, 5) is 24.4. The van der Waals surface area contributed by atoms with E-state index in [0.29, 0.717) is 0 Å². The monoisotopic (exact) mass is 346 g/mol. The number of nitrogens with two attached hydrogens (primary N) is 2. The maximum absolute atomic E-state index is 14.0. The minimum atomic E-state index is -2.37. The molecule has 0 aliphatic heterocycles. The average molecular weight is 346 g/mol. The molecule has 0 amide bonds. The number of carbonyl (C=O) groups excluding carboxylic acids is 2. The van der Waals surface area contributed by atoms with Crippen LogP contribution in [0, 0.1) is 34.9 Å². The average Bonchev–Trinajstić information content (AvgIpc) is 2.55. The largest absolute Gasteiger partial charge is 0.396 e. The Bertz CT molecular complexity index is 833. The van der Waals surface area contributed by atoms with Gasteiger partial charge >= 0.3 is 0 Å². The number of ketones is 2. The maximum Gasteiger partial charge on any atom is 0.200 e. The van der Waals surface area contributed by atoms with Gasteiger partial charge in [0.05, 0.1) is 33.6 Å². The quantitative estimate of drug-likeness (QED) is 0.283. The van der Waals surface area contributed by atoms with Crippen molar-refractivity contribution in [3.63, 3.8) is 0 Å². The van der Waals surface area contributed by atoms with Crippen LogP contribution in [0.3, 0.4) is 0 Å². The lowest BCUT2D eigenvalue weighted by molar-refractivity contribution is 0.0966. The van der Waals surface area contributed by atoms with Gasteiger partial charge in [-0.2, -0.15) is 0 Å². The Morgan fingerprint density at radius 3 is 1.25 bits per heavy atom. The van der Waals surface area contributed by atoms with Gasteiger partial charge in [-0.1, -0.05) is 0 Å². The highest BCUT2D eigenvalue weighted by Crippen LogP contribution is 2.40. The van der Waals surface area contributed by atoms with E-state index in [1.54, 1.807) is 0 Å². The van der Waals surface area contributed by atoms with Gasteiger partial charge in [0.1, 0.15) is 0 Å². The van der Waals surface area contributed by atoms with Crippen molar-refractivity contribution >= 4 is 22.9 Å². The molecular weight excluding hydrogens is 342 g/mol. The van der Waals surface area contributed by atoms with Gasteiger partial charge < -0.3 is 11.5 Å². The summed E-state index contributed by atoms with van der Waals surface area (Å²) in [6.07, 6.45) is 0. The number of hydrogen-bond acceptors (Lipinski definition) is 4. The number of anilines is 2. The van der Waals surface area contributed by atoms with E-state index in [1.807, 2.05) is 0 Å². The van der Waals surface area contributed by atoms with Crippen LogP contribution in [0.5, 0.6) is 0 Å². The van der Waals surface area contributed by atoms with Gasteiger partial charge in [0.25, 0.3) is 0 Å². The predicted molar refractivity (Wildman–Crippen MR) is 68.3 cm³/mol. The second kappa shape index (κ2) is 4.73. The molecule has 124 valence electrons. The van der Waals surface area contributed by atoms with E-state index in [2.05, 4.69) is 0 Å². The van der Waals surface area contributed by atoms with Crippen molar-refractivity contribution in [2.24, 2.45) is 0 Å². The second-order valence-corrected chi connectivity index (χ2v) is 4.87. The lowest BCUT2D eigenvalue weighted by atomic mass is 9.81. The third kappa shape index (κ3) is 1.65. The molecule has 4 nitrogen and oxygen atoms in total. The molecule has 0 spiro atoms. The molecule has 0 heterocycles. The van der Waals surface area contributed by atoms with Gasteiger partial charge in [-0.05, 0) is 0 Å². The number of hydrogen-bond donors (Lipinski definition) is 2. The molecule has 0 saturated carbocycles. The highest BCUT2D eigenvalue weighted by molar-refractivity contribution is 6.31. The van der Waals surface area contributed by atoms with Crippen molar-refractivity contribution < 1.29 is 35.9 Å². The van der Waals surface area contributed by atoms with Crippen LogP contribution in [0.1, 0.15) is 31.8 Å². The molecule has 10 heteroatoms. The number of nitrogen functional groups attached to an aromatic ring is 2. The van der Waals surface area contributed by atoms with Crippen molar-refractivity contribution in [2.45, 2.75) is 0 Å². The fourth-order valence-electron chi connectivity index (χ4n) is 2.48. The molecule has 0 bridgehead atoms. The second-order valence-electron chi connectivity index (χ2n) is 4.87. The summed E-state index contributed by atoms with van der Waals surface area (Å²) in [7, 11) is 0. The summed E-state index contributed by atoms with van der Waals surface area (Å²) in [6, 6.07) is 0. The number of carbonyl (C=O) groups is 2. The Kier molecular flexibility index (Phi) is 3.12. The summed E-state index contributed by atoms with van der Waals surface area (Å²) in [5.74, 6) is -16.2. The van der Waals surface area contributed by atoms with Crippen LogP contribution in [-0.4, -0.2) is 11.6 Å². The van der Waals surface area contributed by atoms with Crippen molar-refractivity contribution in [2.75, 3.05) is 11.5 Å². The van der Waals surface area contributed by atoms with E-state index >= 15 is 0 Å². The van der Waals surface area contributed by atoms with Crippen LogP contribution in [0.2, 0.25) is 0 Å². The summed E-state index contributed by atoms with van der Waals surface area (Å²) >= 11 is 0. The molecule has 0 saturated heterocycles. The van der Waals surface area contributed by atoms with Crippen LogP contribution in [0.4, 0.5) is 37.7 Å². The third-order valence-electron chi connectivity index (χ3n) is 3.63. The van der Waals surface area contributed by atoms with Crippen LogP contribution in [-0.2, 0) is 0 Å². The van der Waals surface area contributed by atoms with E-state index in [4.69, 9.17) is 11.5 Å². The lowest BCUT2D eigenvalue weighted by Crippen LogP contribution is -2.29. The molecule has 3 rings (SSSR count). The maximum atomic E-state index is 14.0. The van der Waals surface area contributed by atoms with E-state index in [9.17, 15) is 35.9 Å². The summed E-state index contributed by atoms with van der Waals surface area (Å²) < 4.78 is 82.0. The summed E-state index contributed by atoms with van der Waals surface area (Å²) in [5, 5.41) is 0. The third-order valence-corrected chi connectivity index (χ3v) is 3.63. The number of benzene rings is 2. The molecule has 1 aliphatic rings. The molecule has 0 radical (unpaired) electrons. The predicted octanol–water partition coefficient (Wildman–Crippen LogP) is 2.46. The number of fused-ring (bicyclic) bond motifs is 2. The van der Waals surface area contributed by atoms with Gasteiger partial charge in [-0.15, -0.1) is 0 Å². The van der Waals surface area contributed by atoms with Gasteiger partial charge in [-0.3, -0.25) is 9.59 Å². The fourth-order valence-corrected chi connectivity index (χ4v) is 2.48. The summed E-state index contributed by atoms with van der Waals surface area (Å²) in [6.45, 7) is 0. The minimum Gasteiger partial charge on any atom is -0.396 e. The highest BCUT2D eigenvalue weighted by Gasteiger charge is 2.43. The Hall–Kier alpha value is -3.04. The molecule has 0 aromatic heterocycles. The Balaban J connectivity index is 2.53. The zero-order chi connectivity index (χ0) is 18.1. The first-order valence-corrected chi connectivity index (χ1v) is 6.12. The molecule has 2 aromatic rings. The SMILES string of the molecule is Nc1c(N)c2c(c(F)c1F)C(=O)c1c(F)c(F)c(F)c(F)c1C2=O. The van der Waals surface area contributed by atoms with Crippen molar-refractivity contribution in [1.29, 1.82) is 0 Å². The molecule has 1 aliphatic carbocycles. The molecule has 0 atom stereocenters. The first kappa shape index (κ1) is 15.8. The Morgan fingerprint density at radius 2 is 0.792 bits per heavy atom. The smallest absolute Gasteiger partial charge is 0.200 e. The van der Waals surface area contributed by atoms with Crippen molar-refractivity contribution in [3.8, 4) is 0 Å². The molecule has 0 fully saturated rings. The number of halogens is 6. The van der Waals surface area contributed by atoms with Gasteiger partial charge in [0, 0.05) is 0 Å². The molecular formula is C14H4F6N2O2. The summed E-state index contributed by atoms with van der Waals surface area (Å²) in [5.41, 5.74) is 3.15. The molecule has 4 N–H and O–H groups in total. The Morgan fingerprint density at radius 1 is 0.458 bits per heavy atom. The van der Waals surface area contributed by atoms with Crippen LogP contribution in [0.25, 0.3) is 0 Å². The standard InChI is InChI=1S/C14H4F6N2O2/c15-5-1-2(6(16)9(19)8(5)18)14(24)4-3(13(1)23)7(17)10(20)12(22)11(4)21/h21-22H2. The highest BCUT2D eigenvalue weighted by atomic mass is 19.2. The van der Waals surface area contributed by atoms with Gasteiger partial charge in [0.2, 0.25) is 5.78 Å². The molecule has 0 unspecified atom stereocenters. The first-order valence-electron chi connectivity index (χ1n) is 6.12. The minimum absolute atomic E-state index is 0.905. The van der Waals surface area contributed by atoms with Crippen LogP contribution in [0.15, 0.2) is 0 Å². The van der Waals surface area contributed by atoms with Crippen LogP contribution < -0.4 is 11.5 Å². The van der Waals surface area contributed by atoms with E-state index < -0.39 is 80.1 Å². The van der Waals surface area contributed by atoms with Gasteiger partial charge in [0.15, 0.2) is 40.7 Å². The molecule has 24 heavy (non-hydrogen) atoms. The Labute approximate surface area is 128 Å². The van der Waals surface area contributed by atoms with E-state index in [0.717, 1.165) is 0 Å². The topological polar surface area (TPSA) is 86.2 Å². The van der Waals surface area contributed by atoms with Crippen molar-refractivity contribution in [3.05, 3.63) is 57.2 Å². The van der Waals surface area contributed by atoms with E-state index in [1.165, 1.54) is 0 Å². The van der Waals surface area contributed by atoms with Crippen LogP contribution >= 0.6 is 0 Å².